The van der Waals surface area contributed by atoms with Gasteiger partial charge in [-0.25, -0.2) is 0 Å². The van der Waals surface area contributed by atoms with Crippen LogP contribution >= 0.6 is 0 Å². The Morgan fingerprint density at radius 2 is 1.66 bits per heavy atom. The molecule has 2 rings (SSSR count). The maximum absolute atomic E-state index is 10.7. The van der Waals surface area contributed by atoms with Crippen LogP contribution in [0.15, 0.2) is 46.6 Å². The van der Waals surface area contributed by atoms with Gasteiger partial charge in [-0.15, -0.1) is 5.11 Å². The molecular weight excluding hydrogens is 380 g/mol. The highest BCUT2D eigenvalue weighted by Gasteiger charge is 2.24. The van der Waals surface area contributed by atoms with Crippen LogP contribution in [-0.2, 0) is 0 Å². The normalized spacial score (nSPS) is 14.6. The number of aryl methyl sites for hydroxylation is 2. The van der Waals surface area contributed by atoms with Crippen molar-refractivity contribution in [1.29, 1.82) is 0 Å². The fraction of sp³-hybridized carbons (Fsp3) is 0.368. The molecule has 0 amide bonds. The molecule has 0 aliphatic carbocycles. The van der Waals surface area contributed by atoms with Crippen LogP contribution in [-0.4, -0.2) is 56.8 Å². The number of nitrogens with one attached hydrogen (secondary N) is 1. The number of benzene rings is 2. The minimum atomic E-state index is -1.51. The van der Waals surface area contributed by atoms with Gasteiger partial charge in [-0.05, 0) is 49.2 Å². The van der Waals surface area contributed by atoms with E-state index in [0.29, 0.717) is 17.1 Å². The smallest absolute Gasteiger partial charge is 0.269 e. The van der Waals surface area contributed by atoms with E-state index >= 15 is 0 Å². The van der Waals surface area contributed by atoms with Gasteiger partial charge in [0.25, 0.3) is 5.69 Å². The topological polar surface area (TPSA) is 161 Å². The van der Waals surface area contributed by atoms with Crippen molar-refractivity contribution >= 4 is 22.7 Å². The van der Waals surface area contributed by atoms with E-state index < -0.39 is 29.8 Å². The highest BCUT2D eigenvalue weighted by Crippen LogP contribution is 2.30. The predicted molar refractivity (Wildman–Crippen MR) is 107 cm³/mol. The molecule has 0 radical (unpaired) electrons. The number of non-ortho nitro benzene ring substituents is 1. The fourth-order valence-electron chi connectivity index (χ4n) is 2.48. The molecule has 3 atom stereocenters. The quantitative estimate of drug-likeness (QED) is 0.243. The number of anilines is 1. The molecule has 0 heterocycles. The van der Waals surface area contributed by atoms with Crippen molar-refractivity contribution in [3.8, 4) is 0 Å². The number of hydrogen-bond donors (Lipinski definition) is 5. The summed E-state index contributed by atoms with van der Waals surface area (Å²) >= 11 is 0. The fourth-order valence-corrected chi connectivity index (χ4v) is 2.48. The molecule has 2 aromatic carbocycles. The van der Waals surface area contributed by atoms with E-state index in [1.165, 1.54) is 24.3 Å². The Labute approximate surface area is 167 Å². The number of nitro groups is 1. The lowest BCUT2D eigenvalue weighted by Gasteiger charge is -2.22. The second kappa shape index (κ2) is 10.0. The monoisotopic (exact) mass is 404 g/mol. The van der Waals surface area contributed by atoms with Gasteiger partial charge in [0.05, 0.1) is 29.0 Å². The zero-order chi connectivity index (χ0) is 21.6. The van der Waals surface area contributed by atoms with Crippen molar-refractivity contribution in [2.45, 2.75) is 32.2 Å². The summed E-state index contributed by atoms with van der Waals surface area (Å²) in [7, 11) is 0. The lowest BCUT2D eigenvalue weighted by molar-refractivity contribution is -0.384. The lowest BCUT2D eigenvalue weighted by atomic mass is 10.1. The largest absolute Gasteiger partial charge is 0.394 e. The molecule has 10 heteroatoms. The summed E-state index contributed by atoms with van der Waals surface area (Å²) in [6.45, 7) is 3.04. The molecule has 0 spiro atoms. The van der Waals surface area contributed by atoms with Gasteiger partial charge >= 0.3 is 0 Å². The molecule has 0 saturated carbocycles. The van der Waals surface area contributed by atoms with Gasteiger partial charge in [-0.3, -0.25) is 10.1 Å². The first-order valence-electron chi connectivity index (χ1n) is 8.89. The first-order valence-corrected chi connectivity index (χ1v) is 8.89. The summed E-state index contributed by atoms with van der Waals surface area (Å²) in [5, 5.41) is 60.0. The lowest BCUT2D eigenvalue weighted by Crippen LogP contribution is -2.42. The molecule has 0 unspecified atom stereocenters. The Bertz CT molecular complexity index is 872. The van der Waals surface area contributed by atoms with E-state index in [2.05, 4.69) is 15.5 Å². The number of nitrogens with zero attached hydrogens (tertiary/aromatic N) is 3. The van der Waals surface area contributed by atoms with E-state index in [1.807, 2.05) is 13.8 Å². The molecule has 5 N–H and O–H groups in total. The zero-order valence-electron chi connectivity index (χ0n) is 16.1. The second-order valence-electron chi connectivity index (χ2n) is 6.62. The van der Waals surface area contributed by atoms with Crippen LogP contribution in [0.5, 0.6) is 0 Å². The van der Waals surface area contributed by atoms with Gasteiger partial charge in [0.2, 0.25) is 0 Å². The van der Waals surface area contributed by atoms with Gasteiger partial charge in [0, 0.05) is 18.7 Å². The van der Waals surface area contributed by atoms with Gasteiger partial charge in [0.1, 0.15) is 17.9 Å². The summed E-state index contributed by atoms with van der Waals surface area (Å²) in [6, 6.07) is 9.22. The Hall–Kier alpha value is -2.92. The SMILES string of the molecule is Cc1cc(N=Nc2ccc([N+](=O)[O-])cc2)c(NC[C@H](O)[C@H](O)[C@H](O)CO)cc1C. The molecule has 0 aliphatic rings. The van der Waals surface area contributed by atoms with Crippen LogP contribution in [0.2, 0.25) is 0 Å². The average Bonchev–Trinajstić information content (AvgIpc) is 2.71. The number of aliphatic hydroxyl groups is 4. The third kappa shape index (κ3) is 6.03. The Balaban J connectivity index is 2.19. The molecular formula is C19H24N4O6. The molecule has 156 valence electrons. The molecule has 0 aromatic heterocycles. The summed E-state index contributed by atoms with van der Waals surface area (Å²) in [4.78, 5) is 10.2. The third-order valence-corrected chi connectivity index (χ3v) is 4.42. The average molecular weight is 404 g/mol. The van der Waals surface area contributed by atoms with E-state index in [0.717, 1.165) is 11.1 Å². The van der Waals surface area contributed by atoms with Crippen molar-refractivity contribution in [1.82, 2.24) is 0 Å². The van der Waals surface area contributed by atoms with Crippen molar-refractivity contribution in [3.63, 3.8) is 0 Å². The van der Waals surface area contributed by atoms with Crippen LogP contribution in [0.4, 0.5) is 22.7 Å². The van der Waals surface area contributed by atoms with Crippen LogP contribution in [0.25, 0.3) is 0 Å². The molecule has 0 saturated heterocycles. The number of rotatable bonds is 9. The second-order valence-corrected chi connectivity index (χ2v) is 6.62. The highest BCUT2D eigenvalue weighted by atomic mass is 16.6. The Morgan fingerprint density at radius 3 is 2.24 bits per heavy atom. The molecule has 0 bridgehead atoms. The minimum Gasteiger partial charge on any atom is -0.394 e. The summed E-state index contributed by atoms with van der Waals surface area (Å²) in [5.41, 5.74) is 3.33. The third-order valence-electron chi connectivity index (χ3n) is 4.42. The Kier molecular flexibility index (Phi) is 7.74. The first kappa shape index (κ1) is 22.4. The van der Waals surface area contributed by atoms with E-state index in [1.54, 1.807) is 12.1 Å². The number of nitro benzene ring substituents is 1. The zero-order valence-corrected chi connectivity index (χ0v) is 16.1. The van der Waals surface area contributed by atoms with Crippen LogP contribution in [0, 0.1) is 24.0 Å². The van der Waals surface area contributed by atoms with Gasteiger partial charge in [0.15, 0.2) is 0 Å². The predicted octanol–water partition coefficient (Wildman–Crippen LogP) is 2.11. The highest BCUT2D eigenvalue weighted by molar-refractivity contribution is 5.68. The number of hydrogen-bond acceptors (Lipinski definition) is 9. The van der Waals surface area contributed by atoms with Crippen LogP contribution < -0.4 is 5.32 Å². The summed E-state index contributed by atoms with van der Waals surface area (Å²) in [6.07, 6.45) is -4.28. The molecule has 10 nitrogen and oxygen atoms in total. The maximum atomic E-state index is 10.7. The maximum Gasteiger partial charge on any atom is 0.269 e. The van der Waals surface area contributed by atoms with E-state index in [4.69, 9.17) is 5.11 Å². The molecule has 29 heavy (non-hydrogen) atoms. The van der Waals surface area contributed by atoms with Gasteiger partial charge in [-0.2, -0.15) is 5.11 Å². The van der Waals surface area contributed by atoms with E-state index in [-0.39, 0.29) is 12.2 Å². The van der Waals surface area contributed by atoms with Crippen molar-refractivity contribution in [2.24, 2.45) is 10.2 Å². The van der Waals surface area contributed by atoms with Crippen molar-refractivity contribution < 1.29 is 25.3 Å². The standard InChI is InChI=1S/C19H24N4O6/c1-11-7-15(20-9-17(25)19(27)18(26)10-24)16(8-12(11)2)22-21-13-3-5-14(6-4-13)23(28)29/h3-8,17-20,24-27H,9-10H2,1-2H3/t17-,18+,19-/m0/s1. The van der Waals surface area contributed by atoms with Gasteiger partial charge in [-0.1, -0.05) is 0 Å². The first-order chi connectivity index (χ1) is 13.7. The number of aliphatic hydroxyl groups excluding tert-OH is 4. The molecule has 0 fully saturated rings. The van der Waals surface area contributed by atoms with Crippen LogP contribution in [0.3, 0.4) is 0 Å². The molecule has 2 aromatic rings. The van der Waals surface area contributed by atoms with Crippen LogP contribution in [0.1, 0.15) is 11.1 Å². The van der Waals surface area contributed by atoms with E-state index in [9.17, 15) is 25.4 Å². The summed E-state index contributed by atoms with van der Waals surface area (Å²) in [5.74, 6) is 0. The Morgan fingerprint density at radius 1 is 1.03 bits per heavy atom. The summed E-state index contributed by atoms with van der Waals surface area (Å²) < 4.78 is 0. The van der Waals surface area contributed by atoms with Crippen molar-refractivity contribution in [2.75, 3.05) is 18.5 Å². The van der Waals surface area contributed by atoms with Gasteiger partial charge < -0.3 is 25.7 Å². The number of azo groups is 1. The van der Waals surface area contributed by atoms with Crippen molar-refractivity contribution in [3.05, 3.63) is 57.6 Å². The minimum absolute atomic E-state index is 0.0462. The molecule has 0 aliphatic heterocycles.